The molecule has 0 unspecified atom stereocenters. The fraction of sp³-hybridized carbons (Fsp3) is 0.200. The van der Waals surface area contributed by atoms with Crippen molar-refractivity contribution in [2.24, 2.45) is 0 Å². The Morgan fingerprint density at radius 1 is 1.08 bits per heavy atom. The zero-order chi connectivity index (χ0) is 16.7. The summed E-state index contributed by atoms with van der Waals surface area (Å²) in [6.45, 7) is 1.50. The summed E-state index contributed by atoms with van der Waals surface area (Å²) in [4.78, 5) is 23.5. The monoisotopic (exact) mass is 318 g/mol. The average molecular weight is 318 g/mol. The minimum absolute atomic E-state index is 0.0768. The lowest BCUT2D eigenvalue weighted by molar-refractivity contribution is -0.114. The number of aryl methyl sites for hydroxylation is 1. The Labute approximate surface area is 140 Å². The van der Waals surface area contributed by atoms with Crippen LogP contribution in [0.3, 0.4) is 0 Å². The highest BCUT2D eigenvalue weighted by molar-refractivity contribution is 6.05. The van der Waals surface area contributed by atoms with E-state index in [1.165, 1.54) is 12.5 Å². The second-order valence-electron chi connectivity index (χ2n) is 6.23. The highest BCUT2D eigenvalue weighted by Gasteiger charge is 2.21. The van der Waals surface area contributed by atoms with Crippen LogP contribution in [0.5, 0.6) is 0 Å². The van der Waals surface area contributed by atoms with Gasteiger partial charge in [-0.2, -0.15) is 0 Å². The lowest BCUT2D eigenvalue weighted by Crippen LogP contribution is -2.05. The molecular weight excluding hydrogens is 300 g/mol. The molecule has 3 aromatic rings. The minimum Gasteiger partial charge on any atom is -0.326 e. The van der Waals surface area contributed by atoms with Crippen molar-refractivity contribution in [1.29, 1.82) is 0 Å². The van der Waals surface area contributed by atoms with Crippen LogP contribution in [-0.2, 0) is 11.2 Å². The van der Waals surface area contributed by atoms with Crippen LogP contribution in [0.15, 0.2) is 48.8 Å². The van der Waals surface area contributed by atoms with Crippen molar-refractivity contribution in [1.82, 2.24) is 4.40 Å². The second-order valence-corrected chi connectivity index (χ2v) is 6.23. The lowest BCUT2D eigenvalue weighted by atomic mass is 10.00. The number of nitrogens with zero attached hydrogens (tertiary/aromatic N) is 1. The molecule has 0 saturated heterocycles. The molecular formula is C20H18N2O2. The Kier molecular flexibility index (Phi) is 3.45. The van der Waals surface area contributed by atoms with Gasteiger partial charge in [0.2, 0.25) is 5.91 Å². The van der Waals surface area contributed by atoms with Gasteiger partial charge >= 0.3 is 0 Å². The van der Waals surface area contributed by atoms with Gasteiger partial charge in [-0.05, 0) is 48.2 Å². The largest absolute Gasteiger partial charge is 0.326 e. The van der Waals surface area contributed by atoms with E-state index in [4.69, 9.17) is 0 Å². The van der Waals surface area contributed by atoms with Crippen LogP contribution >= 0.6 is 0 Å². The molecule has 4 heteroatoms. The molecule has 0 atom stereocenters. The number of benzene rings is 1. The number of rotatable bonds is 2. The predicted molar refractivity (Wildman–Crippen MR) is 94.4 cm³/mol. The van der Waals surface area contributed by atoms with Gasteiger partial charge in [-0.15, -0.1) is 0 Å². The molecule has 0 fully saturated rings. The number of amides is 1. The van der Waals surface area contributed by atoms with Gasteiger partial charge in [-0.1, -0.05) is 12.1 Å². The minimum atomic E-state index is -0.0768. The number of hydrogen-bond donors (Lipinski definition) is 1. The summed E-state index contributed by atoms with van der Waals surface area (Å²) >= 11 is 0. The van der Waals surface area contributed by atoms with Crippen LogP contribution in [0.2, 0.25) is 0 Å². The fourth-order valence-electron chi connectivity index (χ4n) is 3.52. The first-order chi connectivity index (χ1) is 11.6. The average Bonchev–Trinajstić information content (AvgIpc) is 2.84. The van der Waals surface area contributed by atoms with Gasteiger partial charge in [0, 0.05) is 42.6 Å². The lowest BCUT2D eigenvalue weighted by Gasteiger charge is -2.06. The van der Waals surface area contributed by atoms with E-state index in [-0.39, 0.29) is 11.7 Å². The van der Waals surface area contributed by atoms with Gasteiger partial charge in [-0.25, -0.2) is 0 Å². The number of nitrogens with one attached hydrogen (secondary N) is 1. The molecule has 4 rings (SSSR count). The van der Waals surface area contributed by atoms with Gasteiger partial charge in [0.05, 0.1) is 5.52 Å². The van der Waals surface area contributed by atoms with Crippen molar-refractivity contribution >= 4 is 22.9 Å². The third kappa shape index (κ3) is 2.40. The molecule has 1 aromatic carbocycles. The molecule has 2 aromatic heterocycles. The van der Waals surface area contributed by atoms with Gasteiger partial charge in [-0.3, -0.25) is 9.59 Å². The maximum atomic E-state index is 12.3. The van der Waals surface area contributed by atoms with E-state index in [9.17, 15) is 9.59 Å². The van der Waals surface area contributed by atoms with Crippen molar-refractivity contribution in [2.45, 2.75) is 26.2 Å². The number of carbonyl (C=O) groups excluding carboxylic acids is 2. The van der Waals surface area contributed by atoms with Crippen molar-refractivity contribution < 1.29 is 9.59 Å². The summed E-state index contributed by atoms with van der Waals surface area (Å²) in [5, 5.41) is 2.79. The van der Waals surface area contributed by atoms with Gasteiger partial charge in [0.1, 0.15) is 0 Å². The zero-order valence-electron chi connectivity index (χ0n) is 13.5. The maximum Gasteiger partial charge on any atom is 0.221 e. The van der Waals surface area contributed by atoms with Crippen LogP contribution in [0.1, 0.15) is 35.7 Å². The summed E-state index contributed by atoms with van der Waals surface area (Å²) < 4.78 is 2.06. The first-order valence-corrected chi connectivity index (χ1v) is 8.17. The third-order valence-corrected chi connectivity index (χ3v) is 4.55. The van der Waals surface area contributed by atoms with Gasteiger partial charge in [0.25, 0.3) is 0 Å². The SMILES string of the molecule is CC(=O)Nc1ccc(-c2cn3cccc4c3c2CCCC4=O)cc1. The molecule has 0 aliphatic heterocycles. The van der Waals surface area contributed by atoms with Crippen LogP contribution in [0.25, 0.3) is 16.6 Å². The third-order valence-electron chi connectivity index (χ3n) is 4.55. The number of hydrogen-bond acceptors (Lipinski definition) is 2. The van der Waals surface area contributed by atoms with E-state index in [1.54, 1.807) is 0 Å². The van der Waals surface area contributed by atoms with E-state index in [2.05, 4.69) is 15.9 Å². The molecule has 0 spiro atoms. The topological polar surface area (TPSA) is 50.6 Å². The first-order valence-electron chi connectivity index (χ1n) is 8.17. The van der Waals surface area contributed by atoms with Crippen LogP contribution < -0.4 is 5.32 Å². The standard InChI is InChI=1S/C20H18N2O2/c1-13(23)21-15-9-7-14(8-10-15)18-12-22-11-3-5-17-19(24)6-2-4-16(18)20(17)22/h3,5,7-12H,2,4,6H2,1H3,(H,21,23). The molecule has 0 saturated carbocycles. The number of pyridine rings is 1. The fourth-order valence-corrected chi connectivity index (χ4v) is 3.52. The van der Waals surface area contributed by atoms with E-state index < -0.39 is 0 Å². The normalized spacial score (nSPS) is 13.8. The molecule has 0 bridgehead atoms. The summed E-state index contributed by atoms with van der Waals surface area (Å²) in [7, 11) is 0. The Morgan fingerprint density at radius 2 is 1.88 bits per heavy atom. The van der Waals surface area contributed by atoms with Crippen molar-refractivity contribution in [3.05, 3.63) is 59.9 Å². The Bertz CT molecular complexity index is 952. The van der Waals surface area contributed by atoms with Crippen molar-refractivity contribution in [3.63, 3.8) is 0 Å². The van der Waals surface area contributed by atoms with Crippen LogP contribution in [-0.4, -0.2) is 16.1 Å². The van der Waals surface area contributed by atoms with E-state index in [0.29, 0.717) is 6.42 Å². The Hall–Kier alpha value is -2.88. The summed E-state index contributed by atoms with van der Waals surface area (Å²) in [6.07, 6.45) is 6.48. The van der Waals surface area contributed by atoms with Gasteiger partial charge < -0.3 is 9.72 Å². The molecule has 0 radical (unpaired) electrons. The second kappa shape index (κ2) is 5.64. The van der Waals surface area contributed by atoms with E-state index in [1.807, 2.05) is 42.6 Å². The van der Waals surface area contributed by atoms with Crippen LogP contribution in [0, 0.1) is 0 Å². The number of ketones is 1. The molecule has 1 aliphatic rings. The molecule has 120 valence electrons. The molecule has 24 heavy (non-hydrogen) atoms. The number of anilines is 1. The molecule has 2 heterocycles. The number of Topliss-reactive ketones (excluding diaryl/α,β-unsaturated/α-hetero) is 1. The Balaban J connectivity index is 1.85. The van der Waals surface area contributed by atoms with E-state index >= 15 is 0 Å². The quantitative estimate of drug-likeness (QED) is 0.774. The summed E-state index contributed by atoms with van der Waals surface area (Å²) in [5.41, 5.74) is 6.15. The molecule has 1 amide bonds. The summed E-state index contributed by atoms with van der Waals surface area (Å²) in [5.74, 6) is 0.150. The van der Waals surface area contributed by atoms with Gasteiger partial charge in [0.15, 0.2) is 5.78 Å². The van der Waals surface area contributed by atoms with E-state index in [0.717, 1.165) is 40.7 Å². The maximum absolute atomic E-state index is 12.3. The number of carbonyl (C=O) groups is 2. The van der Waals surface area contributed by atoms with Crippen molar-refractivity contribution in [2.75, 3.05) is 5.32 Å². The zero-order valence-corrected chi connectivity index (χ0v) is 13.5. The molecule has 1 N–H and O–H groups in total. The predicted octanol–water partition coefficient (Wildman–Crippen LogP) is 4.08. The highest BCUT2D eigenvalue weighted by Crippen LogP contribution is 2.34. The van der Waals surface area contributed by atoms with Crippen molar-refractivity contribution in [3.8, 4) is 11.1 Å². The number of aromatic nitrogens is 1. The first kappa shape index (κ1) is 14.7. The molecule has 1 aliphatic carbocycles. The smallest absolute Gasteiger partial charge is 0.221 e. The summed E-state index contributed by atoms with van der Waals surface area (Å²) in [6, 6.07) is 11.7. The highest BCUT2D eigenvalue weighted by atomic mass is 16.1. The Morgan fingerprint density at radius 3 is 2.62 bits per heavy atom. The molecule has 4 nitrogen and oxygen atoms in total. The van der Waals surface area contributed by atoms with Crippen LogP contribution in [0.4, 0.5) is 5.69 Å².